The summed E-state index contributed by atoms with van der Waals surface area (Å²) in [5.74, 6) is 0.362. The van der Waals surface area contributed by atoms with E-state index in [1.54, 1.807) is 12.1 Å². The molecule has 1 fully saturated rings. The first-order valence-corrected chi connectivity index (χ1v) is 10.8. The summed E-state index contributed by atoms with van der Waals surface area (Å²) in [4.78, 5) is 14.8. The molecule has 1 aromatic carbocycles. The SMILES string of the molecule is C[C@H](N)[C@@H]1CCCN(C(=O)c2ccc3c(c2)CCCN3S(C)(=O)=O)C1. The first-order chi connectivity index (χ1) is 11.8. The van der Waals surface area contributed by atoms with Crippen molar-refractivity contribution >= 4 is 21.6 Å². The molecular weight excluding hydrogens is 338 g/mol. The molecule has 1 amide bonds. The van der Waals surface area contributed by atoms with Gasteiger partial charge < -0.3 is 10.6 Å². The van der Waals surface area contributed by atoms with E-state index in [2.05, 4.69) is 0 Å². The van der Waals surface area contributed by atoms with Crippen LogP contribution in [0.2, 0.25) is 0 Å². The van der Waals surface area contributed by atoms with Gasteiger partial charge in [-0.2, -0.15) is 0 Å². The van der Waals surface area contributed by atoms with E-state index in [0.29, 0.717) is 30.3 Å². The molecule has 0 spiro atoms. The second-order valence-electron chi connectivity index (χ2n) is 7.29. The molecule has 0 radical (unpaired) electrons. The number of piperidine rings is 1. The maximum atomic E-state index is 12.9. The molecule has 25 heavy (non-hydrogen) atoms. The molecule has 0 aliphatic carbocycles. The van der Waals surface area contributed by atoms with Crippen molar-refractivity contribution in [1.29, 1.82) is 0 Å². The van der Waals surface area contributed by atoms with Crippen LogP contribution < -0.4 is 10.0 Å². The van der Waals surface area contributed by atoms with Gasteiger partial charge in [-0.15, -0.1) is 0 Å². The van der Waals surface area contributed by atoms with Gasteiger partial charge in [0.25, 0.3) is 5.91 Å². The third kappa shape index (κ3) is 3.82. The topological polar surface area (TPSA) is 83.7 Å². The molecule has 3 rings (SSSR count). The smallest absolute Gasteiger partial charge is 0.253 e. The highest BCUT2D eigenvalue weighted by Gasteiger charge is 2.28. The Labute approximate surface area is 150 Å². The highest BCUT2D eigenvalue weighted by molar-refractivity contribution is 7.92. The summed E-state index contributed by atoms with van der Waals surface area (Å²) < 4.78 is 25.3. The van der Waals surface area contributed by atoms with Crippen LogP contribution in [0.5, 0.6) is 0 Å². The summed E-state index contributed by atoms with van der Waals surface area (Å²) >= 11 is 0. The highest BCUT2D eigenvalue weighted by atomic mass is 32.2. The number of fused-ring (bicyclic) bond motifs is 1. The molecule has 0 aromatic heterocycles. The van der Waals surface area contributed by atoms with Crippen LogP contribution in [0.3, 0.4) is 0 Å². The monoisotopic (exact) mass is 365 g/mol. The number of amides is 1. The number of hydrogen-bond acceptors (Lipinski definition) is 4. The molecule has 2 aliphatic heterocycles. The van der Waals surface area contributed by atoms with Crippen LogP contribution in [-0.2, 0) is 16.4 Å². The fourth-order valence-corrected chi connectivity index (χ4v) is 4.84. The van der Waals surface area contributed by atoms with E-state index in [0.717, 1.165) is 37.8 Å². The maximum Gasteiger partial charge on any atom is 0.253 e. The number of sulfonamides is 1. The second-order valence-corrected chi connectivity index (χ2v) is 9.20. The first-order valence-electron chi connectivity index (χ1n) is 8.93. The normalized spacial score (nSPS) is 22.4. The van der Waals surface area contributed by atoms with Gasteiger partial charge in [0.2, 0.25) is 10.0 Å². The Balaban J connectivity index is 1.83. The highest BCUT2D eigenvalue weighted by Crippen LogP contribution is 2.30. The number of hydrogen-bond donors (Lipinski definition) is 1. The van der Waals surface area contributed by atoms with Crippen LogP contribution in [0, 0.1) is 5.92 Å². The zero-order valence-electron chi connectivity index (χ0n) is 14.9. The summed E-state index contributed by atoms with van der Waals surface area (Å²) in [5.41, 5.74) is 8.29. The van der Waals surface area contributed by atoms with E-state index in [4.69, 9.17) is 5.73 Å². The minimum Gasteiger partial charge on any atom is -0.338 e. The number of benzene rings is 1. The predicted molar refractivity (Wildman–Crippen MR) is 99.2 cm³/mol. The number of rotatable bonds is 3. The number of nitrogens with two attached hydrogens (primary N) is 1. The van der Waals surface area contributed by atoms with Crippen LogP contribution in [0.15, 0.2) is 18.2 Å². The third-order valence-corrected chi connectivity index (χ3v) is 6.47. The zero-order chi connectivity index (χ0) is 18.2. The van der Waals surface area contributed by atoms with Crippen molar-refractivity contribution in [2.45, 2.75) is 38.6 Å². The lowest BCUT2D eigenvalue weighted by molar-refractivity contribution is 0.0661. The number of likely N-dealkylation sites (tertiary alicyclic amines) is 1. The summed E-state index contributed by atoms with van der Waals surface area (Å²) in [7, 11) is -3.29. The Morgan fingerprint density at radius 2 is 2.04 bits per heavy atom. The van der Waals surface area contributed by atoms with E-state index in [9.17, 15) is 13.2 Å². The van der Waals surface area contributed by atoms with E-state index in [1.165, 1.54) is 10.6 Å². The molecule has 0 saturated carbocycles. The average molecular weight is 365 g/mol. The Morgan fingerprint density at radius 1 is 1.28 bits per heavy atom. The van der Waals surface area contributed by atoms with Crippen LogP contribution in [0.4, 0.5) is 5.69 Å². The Kier molecular flexibility index (Phi) is 5.06. The predicted octanol–water partition coefficient (Wildman–Crippen LogP) is 1.60. The van der Waals surface area contributed by atoms with Crippen molar-refractivity contribution in [1.82, 2.24) is 4.90 Å². The lowest BCUT2D eigenvalue weighted by Crippen LogP contribution is -2.45. The number of aryl methyl sites for hydroxylation is 1. The fraction of sp³-hybridized carbons (Fsp3) is 0.611. The van der Waals surface area contributed by atoms with Gasteiger partial charge in [0.15, 0.2) is 0 Å². The number of carbonyl (C=O) groups is 1. The summed E-state index contributed by atoms with van der Waals surface area (Å²) in [6.07, 6.45) is 4.84. The van der Waals surface area contributed by atoms with Crippen LogP contribution in [0.1, 0.15) is 42.1 Å². The van der Waals surface area contributed by atoms with Gasteiger partial charge in [0.1, 0.15) is 0 Å². The van der Waals surface area contributed by atoms with Gasteiger partial charge in [-0.05, 0) is 62.3 Å². The number of anilines is 1. The lowest BCUT2D eigenvalue weighted by Gasteiger charge is -2.35. The summed E-state index contributed by atoms with van der Waals surface area (Å²) in [6, 6.07) is 5.47. The van der Waals surface area contributed by atoms with Crippen molar-refractivity contribution in [3.8, 4) is 0 Å². The quantitative estimate of drug-likeness (QED) is 0.882. The first kappa shape index (κ1) is 18.2. The minimum atomic E-state index is -3.29. The second kappa shape index (κ2) is 6.96. The molecule has 2 aliphatic rings. The molecule has 0 bridgehead atoms. The van der Waals surface area contributed by atoms with E-state index in [-0.39, 0.29) is 11.9 Å². The Morgan fingerprint density at radius 3 is 2.72 bits per heavy atom. The van der Waals surface area contributed by atoms with E-state index >= 15 is 0 Å². The van der Waals surface area contributed by atoms with Crippen molar-refractivity contribution < 1.29 is 13.2 Å². The van der Waals surface area contributed by atoms with Crippen LogP contribution in [0.25, 0.3) is 0 Å². The average Bonchev–Trinajstić information content (AvgIpc) is 2.59. The fourth-order valence-electron chi connectivity index (χ4n) is 3.85. The zero-order valence-corrected chi connectivity index (χ0v) is 15.8. The molecule has 138 valence electrons. The summed E-state index contributed by atoms with van der Waals surface area (Å²) in [6.45, 7) is 3.95. The van der Waals surface area contributed by atoms with Crippen LogP contribution >= 0.6 is 0 Å². The van der Waals surface area contributed by atoms with Crippen molar-refractivity contribution in [2.24, 2.45) is 11.7 Å². The Hall–Kier alpha value is -1.60. The van der Waals surface area contributed by atoms with Gasteiger partial charge in [0, 0.05) is 31.2 Å². The third-order valence-electron chi connectivity index (χ3n) is 5.29. The molecule has 2 N–H and O–H groups in total. The molecule has 7 heteroatoms. The minimum absolute atomic E-state index is 0.0182. The van der Waals surface area contributed by atoms with Gasteiger partial charge in [-0.25, -0.2) is 8.42 Å². The van der Waals surface area contributed by atoms with Gasteiger partial charge >= 0.3 is 0 Å². The Bertz CT molecular complexity index is 761. The standard InChI is InChI=1S/C18H27N3O3S/c1-13(19)16-6-3-9-20(12-16)18(22)15-7-8-17-14(11-15)5-4-10-21(17)25(2,23)24/h7-8,11,13,16H,3-6,9-10,12,19H2,1-2H3/t13-,16+/m0/s1. The van der Waals surface area contributed by atoms with Crippen molar-refractivity contribution in [3.63, 3.8) is 0 Å². The van der Waals surface area contributed by atoms with Crippen molar-refractivity contribution in [2.75, 3.05) is 30.2 Å². The number of nitrogens with zero attached hydrogens (tertiary/aromatic N) is 2. The lowest BCUT2D eigenvalue weighted by atomic mass is 9.91. The molecule has 0 unspecified atom stereocenters. The summed E-state index contributed by atoms with van der Waals surface area (Å²) in [5, 5.41) is 0. The van der Waals surface area contributed by atoms with Crippen molar-refractivity contribution in [3.05, 3.63) is 29.3 Å². The molecule has 1 aromatic rings. The molecular formula is C18H27N3O3S. The largest absolute Gasteiger partial charge is 0.338 e. The van der Waals surface area contributed by atoms with Gasteiger partial charge in [-0.3, -0.25) is 9.10 Å². The van der Waals surface area contributed by atoms with E-state index in [1.807, 2.05) is 17.9 Å². The van der Waals surface area contributed by atoms with Gasteiger partial charge in [-0.1, -0.05) is 0 Å². The number of carbonyl (C=O) groups excluding carboxylic acids is 1. The van der Waals surface area contributed by atoms with E-state index < -0.39 is 10.0 Å². The molecule has 6 nitrogen and oxygen atoms in total. The molecule has 2 atom stereocenters. The molecule has 2 heterocycles. The maximum absolute atomic E-state index is 12.9. The van der Waals surface area contributed by atoms with Crippen LogP contribution in [-0.4, -0.2) is 51.2 Å². The molecule has 1 saturated heterocycles. The van der Waals surface area contributed by atoms with Gasteiger partial charge in [0.05, 0.1) is 11.9 Å².